The van der Waals surface area contributed by atoms with E-state index in [0.29, 0.717) is 6.54 Å². The molecule has 1 aromatic heterocycles. The number of aromatic nitrogens is 1. The van der Waals surface area contributed by atoms with Crippen LogP contribution in [0, 0.1) is 6.92 Å². The second kappa shape index (κ2) is 12.3. The summed E-state index contributed by atoms with van der Waals surface area (Å²) < 4.78 is 5.50. The van der Waals surface area contributed by atoms with Gasteiger partial charge in [0.1, 0.15) is 11.6 Å². The normalized spacial score (nSPS) is 15.0. The lowest BCUT2D eigenvalue weighted by Gasteiger charge is -2.34. The van der Waals surface area contributed by atoms with Gasteiger partial charge < -0.3 is 25.2 Å². The van der Waals surface area contributed by atoms with Gasteiger partial charge in [0.05, 0.1) is 13.7 Å². The standard InChI is InChI=1S/C25H38N6O/c1-5-26-25(28-12-10-22-17-20(3)7-8-23(22)32-4)29-19-21-9-11-27-24(18-21)31-15-13-30(6-2)14-16-31/h7-9,11,17-18H,5-6,10,12-16,19H2,1-4H3,(H2,26,28,29). The van der Waals surface area contributed by atoms with Crippen molar-refractivity contribution < 1.29 is 4.74 Å². The van der Waals surface area contributed by atoms with Crippen LogP contribution >= 0.6 is 0 Å². The van der Waals surface area contributed by atoms with Gasteiger partial charge in [0.15, 0.2) is 5.96 Å². The lowest BCUT2D eigenvalue weighted by molar-refractivity contribution is 0.270. The molecule has 2 heterocycles. The molecule has 1 saturated heterocycles. The van der Waals surface area contributed by atoms with Crippen molar-refractivity contribution in [1.82, 2.24) is 20.5 Å². The van der Waals surface area contributed by atoms with Gasteiger partial charge in [0.25, 0.3) is 0 Å². The molecule has 1 fully saturated rings. The van der Waals surface area contributed by atoms with Gasteiger partial charge >= 0.3 is 0 Å². The summed E-state index contributed by atoms with van der Waals surface area (Å²) in [6, 6.07) is 10.5. The Morgan fingerprint density at radius 1 is 1.09 bits per heavy atom. The maximum absolute atomic E-state index is 5.50. The van der Waals surface area contributed by atoms with E-state index in [0.717, 1.165) is 69.8 Å². The van der Waals surface area contributed by atoms with Gasteiger partial charge in [0, 0.05) is 45.5 Å². The second-order valence-electron chi connectivity index (χ2n) is 8.13. The molecule has 174 valence electrons. The molecule has 0 bridgehead atoms. The first-order valence-electron chi connectivity index (χ1n) is 11.7. The Morgan fingerprint density at radius 2 is 1.91 bits per heavy atom. The summed E-state index contributed by atoms with van der Waals surface area (Å²) in [5.41, 5.74) is 3.62. The van der Waals surface area contributed by atoms with E-state index >= 15 is 0 Å². The average molecular weight is 439 g/mol. The Labute approximate surface area is 192 Å². The first-order chi connectivity index (χ1) is 15.6. The van der Waals surface area contributed by atoms with E-state index in [1.807, 2.05) is 12.3 Å². The van der Waals surface area contributed by atoms with Crippen molar-refractivity contribution >= 4 is 11.8 Å². The van der Waals surface area contributed by atoms with E-state index in [1.165, 1.54) is 16.7 Å². The third-order valence-electron chi connectivity index (χ3n) is 5.84. The van der Waals surface area contributed by atoms with Crippen molar-refractivity contribution in [2.24, 2.45) is 4.99 Å². The molecule has 32 heavy (non-hydrogen) atoms. The van der Waals surface area contributed by atoms with Gasteiger partial charge in [-0.25, -0.2) is 9.98 Å². The van der Waals surface area contributed by atoms with Crippen LogP contribution in [0.25, 0.3) is 0 Å². The van der Waals surface area contributed by atoms with Crippen LogP contribution in [-0.4, -0.2) is 68.8 Å². The van der Waals surface area contributed by atoms with Crippen molar-refractivity contribution in [3.05, 3.63) is 53.2 Å². The fourth-order valence-electron chi connectivity index (χ4n) is 3.96. The van der Waals surface area contributed by atoms with Gasteiger partial charge in [-0.05, 0) is 56.1 Å². The van der Waals surface area contributed by atoms with Crippen LogP contribution in [0.1, 0.15) is 30.5 Å². The maximum atomic E-state index is 5.50. The lowest BCUT2D eigenvalue weighted by atomic mass is 10.1. The number of rotatable bonds is 9. The zero-order valence-corrected chi connectivity index (χ0v) is 20.0. The van der Waals surface area contributed by atoms with E-state index in [1.54, 1.807) is 7.11 Å². The molecule has 0 aliphatic carbocycles. The van der Waals surface area contributed by atoms with E-state index in [4.69, 9.17) is 9.73 Å². The summed E-state index contributed by atoms with van der Waals surface area (Å²) in [6.45, 7) is 14.0. The highest BCUT2D eigenvalue weighted by atomic mass is 16.5. The number of hydrogen-bond acceptors (Lipinski definition) is 5. The molecule has 2 aromatic rings. The van der Waals surface area contributed by atoms with Crippen LogP contribution in [0.5, 0.6) is 5.75 Å². The monoisotopic (exact) mass is 438 g/mol. The van der Waals surface area contributed by atoms with Crippen molar-refractivity contribution in [1.29, 1.82) is 0 Å². The molecule has 0 spiro atoms. The number of ether oxygens (including phenoxy) is 1. The predicted octanol–water partition coefficient (Wildman–Crippen LogP) is 2.84. The number of hydrogen-bond donors (Lipinski definition) is 2. The van der Waals surface area contributed by atoms with E-state index in [9.17, 15) is 0 Å². The summed E-state index contributed by atoms with van der Waals surface area (Å²) in [6.07, 6.45) is 2.77. The first-order valence-corrected chi connectivity index (χ1v) is 11.7. The van der Waals surface area contributed by atoms with Crippen LogP contribution < -0.4 is 20.3 Å². The minimum absolute atomic E-state index is 0.619. The molecular weight excluding hydrogens is 400 g/mol. The number of aryl methyl sites for hydroxylation is 1. The molecule has 0 atom stereocenters. The highest BCUT2D eigenvalue weighted by Crippen LogP contribution is 2.20. The molecule has 7 heteroatoms. The zero-order chi connectivity index (χ0) is 22.8. The molecule has 7 nitrogen and oxygen atoms in total. The highest BCUT2D eigenvalue weighted by Gasteiger charge is 2.16. The molecule has 0 unspecified atom stereocenters. The van der Waals surface area contributed by atoms with Gasteiger partial charge in [-0.3, -0.25) is 0 Å². The molecule has 3 rings (SSSR count). The molecule has 2 N–H and O–H groups in total. The van der Waals surface area contributed by atoms with Gasteiger partial charge in [-0.1, -0.05) is 24.6 Å². The van der Waals surface area contributed by atoms with Crippen LogP contribution in [-0.2, 0) is 13.0 Å². The summed E-state index contributed by atoms with van der Waals surface area (Å²) in [7, 11) is 1.72. The molecule has 1 aromatic carbocycles. The first kappa shape index (κ1) is 23.9. The Hall–Kier alpha value is -2.80. The number of aliphatic imine (C=N–C) groups is 1. The van der Waals surface area contributed by atoms with E-state index < -0.39 is 0 Å². The number of methoxy groups -OCH3 is 1. The fraction of sp³-hybridized carbons (Fsp3) is 0.520. The minimum Gasteiger partial charge on any atom is -0.496 e. The number of likely N-dealkylation sites (N-methyl/N-ethyl adjacent to an activating group) is 1. The van der Waals surface area contributed by atoms with Gasteiger partial charge in [0.2, 0.25) is 0 Å². The van der Waals surface area contributed by atoms with Crippen molar-refractivity contribution in [2.45, 2.75) is 33.7 Å². The summed E-state index contributed by atoms with van der Waals surface area (Å²) in [4.78, 5) is 14.2. The Balaban J connectivity index is 1.57. The average Bonchev–Trinajstić information content (AvgIpc) is 2.83. The number of anilines is 1. The Kier molecular flexibility index (Phi) is 9.16. The zero-order valence-electron chi connectivity index (χ0n) is 20.0. The number of nitrogens with one attached hydrogen (secondary N) is 2. The third kappa shape index (κ3) is 6.85. The maximum Gasteiger partial charge on any atom is 0.191 e. The number of pyridine rings is 1. The number of guanidine groups is 1. The number of piperazine rings is 1. The van der Waals surface area contributed by atoms with Gasteiger partial charge in [-0.15, -0.1) is 0 Å². The van der Waals surface area contributed by atoms with Crippen LogP contribution in [0.2, 0.25) is 0 Å². The van der Waals surface area contributed by atoms with Gasteiger partial charge in [-0.2, -0.15) is 0 Å². The van der Waals surface area contributed by atoms with Crippen LogP contribution in [0.15, 0.2) is 41.5 Å². The third-order valence-corrected chi connectivity index (χ3v) is 5.84. The SMILES string of the molecule is CCNC(=NCc1ccnc(N2CCN(CC)CC2)c1)NCCc1cc(C)ccc1OC. The smallest absolute Gasteiger partial charge is 0.191 e. The van der Waals surface area contributed by atoms with Crippen molar-refractivity contribution in [3.63, 3.8) is 0 Å². The molecular formula is C25H38N6O. The highest BCUT2D eigenvalue weighted by molar-refractivity contribution is 5.79. The van der Waals surface area contributed by atoms with Crippen LogP contribution in [0.4, 0.5) is 5.82 Å². The predicted molar refractivity (Wildman–Crippen MR) is 133 cm³/mol. The van der Waals surface area contributed by atoms with Crippen LogP contribution in [0.3, 0.4) is 0 Å². The second-order valence-corrected chi connectivity index (χ2v) is 8.13. The van der Waals surface area contributed by atoms with Crippen molar-refractivity contribution in [2.75, 3.05) is 57.8 Å². The van der Waals surface area contributed by atoms with E-state index in [2.05, 4.69) is 70.5 Å². The largest absolute Gasteiger partial charge is 0.496 e. The Bertz CT molecular complexity index is 876. The molecule has 0 saturated carbocycles. The molecule has 1 aliphatic rings. The lowest BCUT2D eigenvalue weighted by Crippen LogP contribution is -2.46. The fourth-order valence-corrected chi connectivity index (χ4v) is 3.96. The van der Waals surface area contributed by atoms with Crippen molar-refractivity contribution in [3.8, 4) is 5.75 Å². The summed E-state index contributed by atoms with van der Waals surface area (Å²) in [5, 5.41) is 6.80. The number of nitrogens with zero attached hydrogens (tertiary/aromatic N) is 4. The molecule has 1 aliphatic heterocycles. The van der Waals surface area contributed by atoms with E-state index in [-0.39, 0.29) is 0 Å². The quantitative estimate of drug-likeness (QED) is 0.464. The Morgan fingerprint density at radius 3 is 2.62 bits per heavy atom. The number of benzene rings is 1. The summed E-state index contributed by atoms with van der Waals surface area (Å²) >= 11 is 0. The molecule has 0 amide bonds. The topological polar surface area (TPSA) is 65.0 Å². The summed E-state index contributed by atoms with van der Waals surface area (Å²) in [5.74, 6) is 2.82. The molecule has 0 radical (unpaired) electrons. The minimum atomic E-state index is 0.619.